The molecular formula is C24H19ClF3N5O2S. The number of aromatic nitrogens is 4. The molecule has 36 heavy (non-hydrogen) atoms. The van der Waals surface area contributed by atoms with Gasteiger partial charge in [0.1, 0.15) is 5.75 Å². The third-order valence-electron chi connectivity index (χ3n) is 4.87. The number of hydrogen-bond donors (Lipinski definition) is 1. The molecule has 0 bridgehead atoms. The average Bonchev–Trinajstić information content (AvgIpc) is 3.28. The highest BCUT2D eigenvalue weighted by molar-refractivity contribution is 7.99. The first kappa shape index (κ1) is 25.5. The summed E-state index contributed by atoms with van der Waals surface area (Å²) in [6.07, 6.45) is -1.43. The van der Waals surface area contributed by atoms with Crippen molar-refractivity contribution in [2.75, 3.05) is 17.7 Å². The standard InChI is InChI=1S/C24H19ClF3N5O2S/c1-2-35-18-6-4-17(5-7-18)33-22(15-9-11-29-12-10-15)31-32-23(33)36-14-21(34)30-20-8-3-16(25)13-19(20)24(26,27)28/h3-13H,2,14H2,1H3,(H,30,34). The Morgan fingerprint density at radius 2 is 1.81 bits per heavy atom. The van der Waals surface area contributed by atoms with Crippen molar-refractivity contribution in [3.63, 3.8) is 0 Å². The summed E-state index contributed by atoms with van der Waals surface area (Å²) in [5.41, 5.74) is 0.0720. The van der Waals surface area contributed by atoms with Gasteiger partial charge >= 0.3 is 6.18 Å². The number of hydrogen-bond acceptors (Lipinski definition) is 6. The van der Waals surface area contributed by atoms with E-state index in [2.05, 4.69) is 20.5 Å². The van der Waals surface area contributed by atoms with Gasteiger partial charge in [-0.3, -0.25) is 14.3 Å². The van der Waals surface area contributed by atoms with Crippen LogP contribution >= 0.6 is 23.4 Å². The number of ether oxygens (including phenoxy) is 1. The first-order valence-corrected chi connectivity index (χ1v) is 12.0. The van der Waals surface area contributed by atoms with Gasteiger partial charge in [-0.05, 0) is 61.5 Å². The number of alkyl halides is 3. The Hall–Kier alpha value is -3.57. The Morgan fingerprint density at radius 1 is 1.08 bits per heavy atom. The maximum atomic E-state index is 13.4. The van der Waals surface area contributed by atoms with Crippen LogP contribution in [0, 0.1) is 0 Å². The summed E-state index contributed by atoms with van der Waals surface area (Å²) in [6.45, 7) is 2.41. The molecule has 2 heterocycles. The molecule has 0 saturated heterocycles. The van der Waals surface area contributed by atoms with Crippen LogP contribution in [-0.2, 0) is 11.0 Å². The molecule has 1 N–H and O–H groups in total. The van der Waals surface area contributed by atoms with Crippen LogP contribution < -0.4 is 10.1 Å². The van der Waals surface area contributed by atoms with Gasteiger partial charge in [0.25, 0.3) is 0 Å². The van der Waals surface area contributed by atoms with Crippen molar-refractivity contribution in [3.8, 4) is 22.8 Å². The predicted molar refractivity (Wildman–Crippen MR) is 132 cm³/mol. The number of anilines is 1. The Morgan fingerprint density at radius 3 is 2.47 bits per heavy atom. The van der Waals surface area contributed by atoms with E-state index in [9.17, 15) is 18.0 Å². The molecular weight excluding hydrogens is 515 g/mol. The van der Waals surface area contributed by atoms with E-state index >= 15 is 0 Å². The van der Waals surface area contributed by atoms with E-state index in [0.29, 0.717) is 23.3 Å². The zero-order chi connectivity index (χ0) is 25.7. The summed E-state index contributed by atoms with van der Waals surface area (Å²) in [5, 5.41) is 11.1. The second-order valence-corrected chi connectivity index (χ2v) is 8.71. The fraction of sp³-hybridized carbons (Fsp3) is 0.167. The van der Waals surface area contributed by atoms with Gasteiger partial charge < -0.3 is 10.1 Å². The summed E-state index contributed by atoms with van der Waals surface area (Å²) in [5.74, 6) is 0.365. The van der Waals surface area contributed by atoms with E-state index in [1.807, 2.05) is 19.1 Å². The second kappa shape index (κ2) is 11.0. The number of amides is 1. The normalized spacial score (nSPS) is 11.4. The van der Waals surface area contributed by atoms with E-state index in [1.54, 1.807) is 41.2 Å². The van der Waals surface area contributed by atoms with E-state index in [0.717, 1.165) is 35.1 Å². The van der Waals surface area contributed by atoms with Gasteiger partial charge in [-0.2, -0.15) is 13.2 Å². The third-order valence-corrected chi connectivity index (χ3v) is 6.04. The summed E-state index contributed by atoms with van der Waals surface area (Å²) in [4.78, 5) is 16.6. The number of carbonyl (C=O) groups excluding carboxylic acids is 1. The molecule has 0 atom stereocenters. The summed E-state index contributed by atoms with van der Waals surface area (Å²) in [7, 11) is 0. The molecule has 0 unspecified atom stereocenters. The number of carbonyl (C=O) groups is 1. The van der Waals surface area contributed by atoms with Crippen molar-refractivity contribution < 1.29 is 22.7 Å². The van der Waals surface area contributed by atoms with Crippen LogP contribution in [0.1, 0.15) is 12.5 Å². The number of nitrogens with one attached hydrogen (secondary N) is 1. The monoisotopic (exact) mass is 533 g/mol. The van der Waals surface area contributed by atoms with Crippen LogP contribution in [-0.4, -0.2) is 38.0 Å². The Labute approximate surface area is 213 Å². The van der Waals surface area contributed by atoms with Crippen LogP contribution in [0.5, 0.6) is 5.75 Å². The van der Waals surface area contributed by atoms with E-state index in [1.165, 1.54) is 6.07 Å². The fourth-order valence-corrected chi connectivity index (χ4v) is 4.24. The van der Waals surface area contributed by atoms with Gasteiger partial charge in [-0.15, -0.1) is 10.2 Å². The molecule has 4 rings (SSSR count). The molecule has 0 radical (unpaired) electrons. The van der Waals surface area contributed by atoms with Crippen LogP contribution in [0.4, 0.5) is 18.9 Å². The minimum Gasteiger partial charge on any atom is -0.494 e. The number of benzene rings is 2. The first-order valence-electron chi connectivity index (χ1n) is 10.6. The Bertz CT molecular complexity index is 1350. The highest BCUT2D eigenvalue weighted by Crippen LogP contribution is 2.37. The lowest BCUT2D eigenvalue weighted by Crippen LogP contribution is -2.18. The Kier molecular flexibility index (Phi) is 7.80. The molecule has 0 aliphatic rings. The smallest absolute Gasteiger partial charge is 0.418 e. The van der Waals surface area contributed by atoms with E-state index in [-0.39, 0.29) is 16.5 Å². The number of pyridine rings is 1. The maximum absolute atomic E-state index is 13.4. The molecule has 2 aromatic carbocycles. The zero-order valence-electron chi connectivity index (χ0n) is 18.8. The molecule has 12 heteroatoms. The largest absolute Gasteiger partial charge is 0.494 e. The summed E-state index contributed by atoms with van der Waals surface area (Å²) >= 11 is 6.75. The van der Waals surface area contributed by atoms with Gasteiger partial charge in [0, 0.05) is 28.7 Å². The summed E-state index contributed by atoms with van der Waals surface area (Å²) in [6, 6.07) is 14.0. The minimum absolute atomic E-state index is 0.0817. The first-order chi connectivity index (χ1) is 17.3. The van der Waals surface area contributed by atoms with Crippen molar-refractivity contribution in [2.45, 2.75) is 18.3 Å². The highest BCUT2D eigenvalue weighted by Gasteiger charge is 2.34. The average molecular weight is 534 g/mol. The molecule has 186 valence electrons. The lowest BCUT2D eigenvalue weighted by molar-refractivity contribution is -0.137. The third kappa shape index (κ3) is 5.97. The van der Waals surface area contributed by atoms with Gasteiger partial charge in [0.2, 0.25) is 5.91 Å². The molecule has 0 aliphatic heterocycles. The number of nitrogens with zero attached hydrogens (tertiary/aromatic N) is 4. The molecule has 0 spiro atoms. The van der Waals surface area contributed by atoms with Crippen LogP contribution in [0.3, 0.4) is 0 Å². The van der Waals surface area contributed by atoms with Crippen molar-refractivity contribution in [1.82, 2.24) is 19.7 Å². The van der Waals surface area contributed by atoms with Crippen LogP contribution in [0.25, 0.3) is 17.1 Å². The fourth-order valence-electron chi connectivity index (χ4n) is 3.32. The topological polar surface area (TPSA) is 81.9 Å². The molecule has 0 saturated carbocycles. The van der Waals surface area contributed by atoms with Crippen molar-refractivity contribution in [2.24, 2.45) is 0 Å². The van der Waals surface area contributed by atoms with E-state index in [4.69, 9.17) is 16.3 Å². The molecule has 7 nitrogen and oxygen atoms in total. The second-order valence-electron chi connectivity index (χ2n) is 7.33. The molecule has 0 fully saturated rings. The van der Waals surface area contributed by atoms with Gasteiger partial charge in [0.05, 0.1) is 23.6 Å². The zero-order valence-corrected chi connectivity index (χ0v) is 20.4. The molecule has 2 aromatic heterocycles. The number of halogens is 4. The minimum atomic E-state index is -4.67. The number of rotatable bonds is 8. The number of thioether (sulfide) groups is 1. The van der Waals surface area contributed by atoms with Crippen molar-refractivity contribution in [3.05, 3.63) is 77.6 Å². The lowest BCUT2D eigenvalue weighted by Gasteiger charge is -2.14. The van der Waals surface area contributed by atoms with Crippen LogP contribution in [0.2, 0.25) is 5.02 Å². The highest BCUT2D eigenvalue weighted by atomic mass is 35.5. The quantitative estimate of drug-likeness (QED) is 0.274. The van der Waals surface area contributed by atoms with E-state index < -0.39 is 17.6 Å². The lowest BCUT2D eigenvalue weighted by atomic mass is 10.1. The predicted octanol–water partition coefficient (Wildman–Crippen LogP) is 6.13. The van der Waals surface area contributed by atoms with Crippen LogP contribution in [0.15, 0.2) is 72.1 Å². The molecule has 4 aromatic rings. The van der Waals surface area contributed by atoms with Gasteiger partial charge in [-0.25, -0.2) is 0 Å². The van der Waals surface area contributed by atoms with Gasteiger partial charge in [0.15, 0.2) is 11.0 Å². The molecule has 0 aliphatic carbocycles. The maximum Gasteiger partial charge on any atom is 0.418 e. The Balaban J connectivity index is 1.59. The van der Waals surface area contributed by atoms with Gasteiger partial charge in [-0.1, -0.05) is 23.4 Å². The SMILES string of the molecule is CCOc1ccc(-n2c(SCC(=O)Nc3ccc(Cl)cc3C(F)(F)F)nnc2-c2ccncc2)cc1. The molecule has 1 amide bonds. The summed E-state index contributed by atoms with van der Waals surface area (Å²) < 4.78 is 47.3. The van der Waals surface area contributed by atoms with Crippen molar-refractivity contribution in [1.29, 1.82) is 0 Å². The van der Waals surface area contributed by atoms with Crippen molar-refractivity contribution >= 4 is 35.0 Å².